The maximum atomic E-state index is 12.7. The number of rotatable bonds is 4. The summed E-state index contributed by atoms with van der Waals surface area (Å²) in [4.78, 5) is 13.4. The molecular formula is C14H14FN3O3S. The van der Waals surface area contributed by atoms with E-state index in [2.05, 4.69) is 10.2 Å². The number of aromatic amines is 1. The van der Waals surface area contributed by atoms with Gasteiger partial charge < -0.3 is 0 Å². The van der Waals surface area contributed by atoms with Crippen LogP contribution >= 0.6 is 0 Å². The molecule has 0 spiro atoms. The summed E-state index contributed by atoms with van der Waals surface area (Å²) >= 11 is 0. The van der Waals surface area contributed by atoms with E-state index in [1.807, 2.05) is 30.3 Å². The van der Waals surface area contributed by atoms with E-state index >= 15 is 0 Å². The number of benzene rings is 1. The van der Waals surface area contributed by atoms with E-state index in [0.29, 0.717) is 5.82 Å². The van der Waals surface area contributed by atoms with Crippen LogP contribution in [0.2, 0.25) is 0 Å². The number of carbonyl (C=O) groups excluding carboxylic acids is 1. The quantitative estimate of drug-likeness (QED) is 0.869. The lowest BCUT2D eigenvalue weighted by molar-refractivity contribution is -0.117. The van der Waals surface area contributed by atoms with E-state index in [4.69, 9.17) is 0 Å². The van der Waals surface area contributed by atoms with Crippen LogP contribution in [-0.4, -0.2) is 36.8 Å². The molecule has 1 saturated heterocycles. The molecule has 0 radical (unpaired) electrons. The van der Waals surface area contributed by atoms with Crippen LogP contribution in [0, 0.1) is 5.92 Å². The standard InChI is InChI=1S/C14H14FN3O3S/c15-22(20,21)9-10-6-14(19)18(8-10)13-7-12(16-17-13)11-4-2-1-3-5-11/h1-5,7,10H,6,8-9H2,(H,16,17). The summed E-state index contributed by atoms with van der Waals surface area (Å²) in [7, 11) is -4.58. The molecule has 116 valence electrons. The largest absolute Gasteiger partial charge is 0.302 e. The van der Waals surface area contributed by atoms with Crippen molar-refractivity contribution in [2.75, 3.05) is 17.2 Å². The Morgan fingerprint density at radius 2 is 2.05 bits per heavy atom. The Morgan fingerprint density at radius 1 is 1.32 bits per heavy atom. The SMILES string of the molecule is O=C1CC(CS(=O)(=O)F)CN1c1cc(-c2ccccc2)[nH]n1. The first-order chi connectivity index (χ1) is 10.4. The molecule has 1 amide bonds. The smallest absolute Gasteiger partial charge is 0.295 e. The van der Waals surface area contributed by atoms with Gasteiger partial charge in [-0.15, -0.1) is 3.89 Å². The molecule has 1 aliphatic rings. The van der Waals surface area contributed by atoms with Crippen LogP contribution in [0.15, 0.2) is 36.4 Å². The molecular weight excluding hydrogens is 309 g/mol. The van der Waals surface area contributed by atoms with E-state index < -0.39 is 21.9 Å². The highest BCUT2D eigenvalue weighted by atomic mass is 32.3. The van der Waals surface area contributed by atoms with E-state index in [1.165, 1.54) is 4.90 Å². The Kier molecular flexibility index (Phi) is 3.69. The molecule has 2 heterocycles. The van der Waals surface area contributed by atoms with Crippen molar-refractivity contribution < 1.29 is 17.1 Å². The van der Waals surface area contributed by atoms with Gasteiger partial charge in [-0.3, -0.25) is 14.8 Å². The maximum Gasteiger partial charge on any atom is 0.302 e. The minimum Gasteiger partial charge on any atom is -0.295 e. The van der Waals surface area contributed by atoms with E-state index in [1.54, 1.807) is 6.07 Å². The van der Waals surface area contributed by atoms with Gasteiger partial charge in [0.25, 0.3) is 0 Å². The summed E-state index contributed by atoms with van der Waals surface area (Å²) in [6.45, 7) is 0.154. The third-order valence-corrected chi connectivity index (χ3v) is 4.44. The fourth-order valence-corrected chi connectivity index (χ4v) is 3.40. The van der Waals surface area contributed by atoms with Crippen molar-refractivity contribution in [1.29, 1.82) is 0 Å². The molecule has 8 heteroatoms. The van der Waals surface area contributed by atoms with E-state index in [-0.39, 0.29) is 18.9 Å². The van der Waals surface area contributed by atoms with Crippen LogP contribution in [0.5, 0.6) is 0 Å². The van der Waals surface area contributed by atoms with Crippen molar-refractivity contribution in [3.05, 3.63) is 36.4 Å². The van der Waals surface area contributed by atoms with Crippen molar-refractivity contribution in [3.63, 3.8) is 0 Å². The molecule has 2 aromatic rings. The number of halogens is 1. The third-order valence-electron chi connectivity index (χ3n) is 3.57. The zero-order chi connectivity index (χ0) is 15.7. The minimum absolute atomic E-state index is 0.0106. The number of anilines is 1. The molecule has 0 aliphatic carbocycles. The van der Waals surface area contributed by atoms with Gasteiger partial charge >= 0.3 is 10.2 Å². The van der Waals surface area contributed by atoms with Gasteiger partial charge in [0.05, 0.1) is 11.4 Å². The number of aromatic nitrogens is 2. The predicted octanol–water partition coefficient (Wildman–Crippen LogP) is 1.73. The van der Waals surface area contributed by atoms with Crippen LogP contribution in [-0.2, 0) is 15.0 Å². The Labute approximate surface area is 127 Å². The summed E-state index contributed by atoms with van der Waals surface area (Å²) in [6.07, 6.45) is 0.0106. The number of hydrogen-bond acceptors (Lipinski definition) is 4. The first-order valence-electron chi connectivity index (χ1n) is 6.76. The Morgan fingerprint density at radius 3 is 2.73 bits per heavy atom. The molecule has 1 aromatic carbocycles. The second-order valence-electron chi connectivity index (χ2n) is 5.29. The molecule has 0 saturated carbocycles. The molecule has 1 unspecified atom stereocenters. The van der Waals surface area contributed by atoms with Gasteiger partial charge in [0.1, 0.15) is 0 Å². The molecule has 0 bridgehead atoms. The van der Waals surface area contributed by atoms with Crippen molar-refractivity contribution in [1.82, 2.24) is 10.2 Å². The van der Waals surface area contributed by atoms with Gasteiger partial charge in [0.2, 0.25) is 5.91 Å². The molecule has 1 aliphatic heterocycles. The Hall–Kier alpha value is -2.22. The minimum atomic E-state index is -4.58. The summed E-state index contributed by atoms with van der Waals surface area (Å²) in [5.41, 5.74) is 1.68. The molecule has 6 nitrogen and oxygen atoms in total. The lowest BCUT2D eigenvalue weighted by Crippen LogP contribution is -2.25. The topological polar surface area (TPSA) is 83.1 Å². The first kappa shape index (κ1) is 14.7. The molecule has 22 heavy (non-hydrogen) atoms. The number of hydrogen-bond donors (Lipinski definition) is 1. The lowest BCUT2D eigenvalue weighted by Gasteiger charge is -2.12. The molecule has 1 atom stereocenters. The molecule has 3 rings (SSSR count). The van der Waals surface area contributed by atoms with Gasteiger partial charge in [-0.2, -0.15) is 13.5 Å². The van der Waals surface area contributed by atoms with Gasteiger partial charge in [-0.1, -0.05) is 30.3 Å². The van der Waals surface area contributed by atoms with Gasteiger partial charge in [0, 0.05) is 24.9 Å². The number of carbonyl (C=O) groups is 1. The second-order valence-corrected chi connectivity index (χ2v) is 6.70. The van der Waals surface area contributed by atoms with Gasteiger partial charge in [0.15, 0.2) is 5.82 Å². The van der Waals surface area contributed by atoms with E-state index in [9.17, 15) is 17.1 Å². The summed E-state index contributed by atoms with van der Waals surface area (Å²) in [5.74, 6) is -1.01. The Bertz CT molecular complexity index is 789. The zero-order valence-corrected chi connectivity index (χ0v) is 12.4. The van der Waals surface area contributed by atoms with Crippen molar-refractivity contribution in [3.8, 4) is 11.3 Å². The fraction of sp³-hybridized carbons (Fsp3) is 0.286. The summed E-state index contributed by atoms with van der Waals surface area (Å²) in [6, 6.07) is 11.2. The average Bonchev–Trinajstić information content (AvgIpc) is 3.05. The van der Waals surface area contributed by atoms with Crippen molar-refractivity contribution in [2.45, 2.75) is 6.42 Å². The molecule has 1 fully saturated rings. The Balaban J connectivity index is 1.78. The number of nitrogens with zero attached hydrogens (tertiary/aromatic N) is 2. The highest BCUT2D eigenvalue weighted by molar-refractivity contribution is 7.86. The van der Waals surface area contributed by atoms with Crippen LogP contribution < -0.4 is 4.90 Å². The average molecular weight is 323 g/mol. The molecule has 1 aromatic heterocycles. The summed E-state index contributed by atoms with van der Waals surface area (Å²) in [5, 5.41) is 6.94. The van der Waals surface area contributed by atoms with Crippen molar-refractivity contribution in [2.24, 2.45) is 5.92 Å². The van der Waals surface area contributed by atoms with Crippen LogP contribution in [0.1, 0.15) is 6.42 Å². The highest BCUT2D eigenvalue weighted by Gasteiger charge is 2.34. The second kappa shape index (κ2) is 5.53. The zero-order valence-electron chi connectivity index (χ0n) is 11.6. The fourth-order valence-electron chi connectivity index (χ4n) is 2.61. The number of nitrogens with one attached hydrogen (secondary N) is 1. The summed E-state index contributed by atoms with van der Waals surface area (Å²) < 4.78 is 34.2. The van der Waals surface area contributed by atoms with E-state index in [0.717, 1.165) is 11.3 Å². The van der Waals surface area contributed by atoms with Crippen LogP contribution in [0.3, 0.4) is 0 Å². The van der Waals surface area contributed by atoms with Crippen LogP contribution in [0.4, 0.5) is 9.70 Å². The highest BCUT2D eigenvalue weighted by Crippen LogP contribution is 2.27. The predicted molar refractivity (Wildman–Crippen MR) is 79.4 cm³/mol. The lowest BCUT2D eigenvalue weighted by atomic mass is 10.1. The monoisotopic (exact) mass is 323 g/mol. The number of amides is 1. The van der Waals surface area contributed by atoms with Gasteiger partial charge in [-0.25, -0.2) is 0 Å². The maximum absolute atomic E-state index is 12.7. The first-order valence-corrected chi connectivity index (χ1v) is 8.31. The van der Waals surface area contributed by atoms with Crippen molar-refractivity contribution >= 4 is 21.9 Å². The van der Waals surface area contributed by atoms with Crippen LogP contribution in [0.25, 0.3) is 11.3 Å². The number of H-pyrrole nitrogens is 1. The molecule has 1 N–H and O–H groups in total. The normalized spacial score (nSPS) is 18.9. The third kappa shape index (κ3) is 3.16. The van der Waals surface area contributed by atoms with Gasteiger partial charge in [-0.05, 0) is 5.56 Å².